The highest BCUT2D eigenvalue weighted by atomic mass is 32.2. The van der Waals surface area contributed by atoms with E-state index in [9.17, 15) is 10.2 Å². The number of rotatable bonds is 7. The molecule has 4 heteroatoms. The molecule has 0 fully saturated rings. The molecule has 17 heavy (non-hydrogen) atoms. The van der Waals surface area contributed by atoms with E-state index in [1.54, 1.807) is 30.0 Å². The molecule has 0 heterocycles. The number of nitrogens with one attached hydrogen (secondary N) is 1. The summed E-state index contributed by atoms with van der Waals surface area (Å²) in [6, 6.07) is 4.72. The Hall–Kier alpha value is -1.13. The van der Waals surface area contributed by atoms with Gasteiger partial charge >= 0.3 is 0 Å². The fourth-order valence-corrected chi connectivity index (χ4v) is 2.20. The van der Waals surface area contributed by atoms with Gasteiger partial charge in [0.1, 0.15) is 11.5 Å². The third-order valence-corrected chi connectivity index (χ3v) is 3.39. The molecule has 0 spiro atoms. The molecule has 0 radical (unpaired) electrons. The molecule has 0 aliphatic heterocycles. The van der Waals surface area contributed by atoms with Gasteiger partial charge in [0.25, 0.3) is 0 Å². The zero-order valence-corrected chi connectivity index (χ0v) is 10.8. The van der Waals surface area contributed by atoms with Gasteiger partial charge in [-0.2, -0.15) is 11.8 Å². The maximum absolute atomic E-state index is 9.68. The molecule has 3 nitrogen and oxygen atoms in total. The Balaban J connectivity index is 2.46. The second kappa shape index (κ2) is 7.25. The molecule has 1 unspecified atom stereocenters. The molecule has 0 amide bonds. The van der Waals surface area contributed by atoms with Crippen LogP contribution in [0.5, 0.6) is 11.5 Å². The van der Waals surface area contributed by atoms with Gasteiger partial charge in [-0.25, -0.2) is 0 Å². The number of phenolic OH excluding ortho intramolecular Hbond substituents is 2. The Morgan fingerprint density at radius 3 is 2.65 bits per heavy atom. The van der Waals surface area contributed by atoms with Crippen LogP contribution < -0.4 is 5.32 Å². The highest BCUT2D eigenvalue weighted by molar-refractivity contribution is 7.99. The molecule has 0 aliphatic rings. The van der Waals surface area contributed by atoms with Crippen LogP contribution in [-0.2, 0) is 0 Å². The molecule has 1 atom stereocenters. The summed E-state index contributed by atoms with van der Waals surface area (Å²) < 4.78 is 0. The summed E-state index contributed by atoms with van der Waals surface area (Å²) in [4.78, 5) is 0. The van der Waals surface area contributed by atoms with Gasteiger partial charge in [-0.3, -0.25) is 0 Å². The smallest absolute Gasteiger partial charge is 0.124 e. The van der Waals surface area contributed by atoms with Crippen LogP contribution in [0.15, 0.2) is 30.9 Å². The Bertz CT molecular complexity index is 348. The summed E-state index contributed by atoms with van der Waals surface area (Å²) in [5, 5.41) is 22.6. The minimum Gasteiger partial charge on any atom is -0.507 e. The van der Waals surface area contributed by atoms with Crippen LogP contribution in [0.1, 0.15) is 18.5 Å². The van der Waals surface area contributed by atoms with Crippen molar-refractivity contribution in [2.24, 2.45) is 0 Å². The molecular formula is C13H19NO2S. The van der Waals surface area contributed by atoms with Crippen LogP contribution >= 0.6 is 11.8 Å². The van der Waals surface area contributed by atoms with Crippen molar-refractivity contribution in [1.29, 1.82) is 0 Å². The SMILES string of the molecule is C=CCSCCNC(C)c1c(O)cccc1O. The third-order valence-electron chi connectivity index (χ3n) is 2.43. The zero-order valence-electron chi connectivity index (χ0n) is 10.0. The van der Waals surface area contributed by atoms with Crippen LogP contribution in [0.25, 0.3) is 0 Å². The summed E-state index contributed by atoms with van der Waals surface area (Å²) in [6.45, 7) is 6.41. The molecule has 0 saturated carbocycles. The first-order valence-electron chi connectivity index (χ1n) is 5.59. The number of phenols is 2. The topological polar surface area (TPSA) is 52.5 Å². The highest BCUT2D eigenvalue weighted by Gasteiger charge is 2.13. The van der Waals surface area contributed by atoms with E-state index in [1.807, 2.05) is 13.0 Å². The summed E-state index contributed by atoms with van der Waals surface area (Å²) in [5.41, 5.74) is 0.557. The largest absolute Gasteiger partial charge is 0.507 e. The minimum absolute atomic E-state index is 0.0690. The van der Waals surface area contributed by atoms with Crippen molar-refractivity contribution in [3.05, 3.63) is 36.4 Å². The average Bonchev–Trinajstić information content (AvgIpc) is 2.28. The van der Waals surface area contributed by atoms with Gasteiger partial charge in [0.15, 0.2) is 0 Å². The van der Waals surface area contributed by atoms with E-state index in [2.05, 4.69) is 11.9 Å². The van der Waals surface area contributed by atoms with Crippen LogP contribution in [0.4, 0.5) is 0 Å². The van der Waals surface area contributed by atoms with Gasteiger partial charge in [-0.05, 0) is 19.1 Å². The number of thioether (sulfide) groups is 1. The molecule has 0 bridgehead atoms. The Kier molecular flexibility index (Phi) is 5.94. The second-order valence-electron chi connectivity index (χ2n) is 3.75. The summed E-state index contributed by atoms with van der Waals surface area (Å²) >= 11 is 1.79. The normalized spacial score (nSPS) is 12.3. The van der Waals surface area contributed by atoms with Crippen molar-refractivity contribution in [1.82, 2.24) is 5.32 Å². The van der Waals surface area contributed by atoms with Crippen molar-refractivity contribution in [3.63, 3.8) is 0 Å². The first-order chi connectivity index (χ1) is 8.16. The second-order valence-corrected chi connectivity index (χ2v) is 4.90. The van der Waals surface area contributed by atoms with Gasteiger partial charge in [-0.1, -0.05) is 12.1 Å². The number of hydrogen-bond acceptors (Lipinski definition) is 4. The van der Waals surface area contributed by atoms with E-state index in [0.29, 0.717) is 5.56 Å². The number of benzene rings is 1. The molecule has 3 N–H and O–H groups in total. The molecular weight excluding hydrogens is 234 g/mol. The number of aromatic hydroxyl groups is 2. The van der Waals surface area contributed by atoms with Crippen LogP contribution in [0.2, 0.25) is 0 Å². The van der Waals surface area contributed by atoms with Gasteiger partial charge in [0.05, 0.1) is 5.56 Å². The molecule has 0 aliphatic carbocycles. The average molecular weight is 253 g/mol. The van der Waals surface area contributed by atoms with Crippen molar-refractivity contribution in [3.8, 4) is 11.5 Å². The molecule has 94 valence electrons. The fraction of sp³-hybridized carbons (Fsp3) is 0.385. The Morgan fingerprint density at radius 2 is 2.06 bits per heavy atom. The van der Waals surface area contributed by atoms with Gasteiger partial charge in [-0.15, -0.1) is 6.58 Å². The van der Waals surface area contributed by atoms with E-state index in [1.165, 1.54) is 0 Å². The highest BCUT2D eigenvalue weighted by Crippen LogP contribution is 2.31. The van der Waals surface area contributed by atoms with Crippen LogP contribution in [0, 0.1) is 0 Å². The van der Waals surface area contributed by atoms with E-state index in [0.717, 1.165) is 18.1 Å². The van der Waals surface area contributed by atoms with Gasteiger partial charge < -0.3 is 15.5 Å². The summed E-state index contributed by atoms with van der Waals surface area (Å²) in [6.07, 6.45) is 1.88. The Labute approximate surface area is 107 Å². The maximum atomic E-state index is 9.68. The summed E-state index contributed by atoms with van der Waals surface area (Å²) in [5.74, 6) is 2.18. The van der Waals surface area contributed by atoms with Crippen molar-refractivity contribution < 1.29 is 10.2 Å². The summed E-state index contributed by atoms with van der Waals surface area (Å²) in [7, 11) is 0. The lowest BCUT2D eigenvalue weighted by Gasteiger charge is -2.16. The van der Waals surface area contributed by atoms with Crippen molar-refractivity contribution >= 4 is 11.8 Å². The number of hydrogen-bond donors (Lipinski definition) is 3. The minimum atomic E-state index is -0.0690. The predicted octanol–water partition coefficient (Wildman–Crippen LogP) is 2.67. The predicted molar refractivity (Wildman–Crippen MR) is 73.7 cm³/mol. The van der Waals surface area contributed by atoms with Crippen molar-refractivity contribution in [2.75, 3.05) is 18.1 Å². The van der Waals surface area contributed by atoms with E-state index in [4.69, 9.17) is 0 Å². The zero-order chi connectivity index (χ0) is 12.7. The van der Waals surface area contributed by atoms with Crippen LogP contribution in [0.3, 0.4) is 0 Å². The van der Waals surface area contributed by atoms with E-state index >= 15 is 0 Å². The van der Waals surface area contributed by atoms with Gasteiger partial charge in [0.2, 0.25) is 0 Å². The van der Waals surface area contributed by atoms with Crippen LogP contribution in [-0.4, -0.2) is 28.3 Å². The quantitative estimate of drug-likeness (QED) is 0.516. The van der Waals surface area contributed by atoms with E-state index < -0.39 is 0 Å². The van der Waals surface area contributed by atoms with Crippen molar-refractivity contribution in [2.45, 2.75) is 13.0 Å². The lowest BCUT2D eigenvalue weighted by Crippen LogP contribution is -2.21. The molecule has 0 saturated heterocycles. The molecule has 0 aromatic heterocycles. The monoisotopic (exact) mass is 253 g/mol. The lowest BCUT2D eigenvalue weighted by atomic mass is 10.1. The molecule has 1 aromatic carbocycles. The third kappa shape index (κ3) is 4.32. The molecule has 1 aromatic rings. The standard InChI is InChI=1S/C13H19NO2S/c1-3-8-17-9-7-14-10(2)13-11(15)5-4-6-12(13)16/h3-6,10,14-16H,1,7-9H2,2H3. The fourth-order valence-electron chi connectivity index (χ4n) is 1.60. The molecule has 1 rings (SSSR count). The van der Waals surface area contributed by atoms with E-state index in [-0.39, 0.29) is 17.5 Å². The maximum Gasteiger partial charge on any atom is 0.124 e. The first-order valence-corrected chi connectivity index (χ1v) is 6.75. The van der Waals surface area contributed by atoms with Gasteiger partial charge in [0, 0.05) is 24.1 Å². The lowest BCUT2D eigenvalue weighted by molar-refractivity contribution is 0.421. The Morgan fingerprint density at radius 1 is 1.41 bits per heavy atom. The first kappa shape index (κ1) is 13.9.